The van der Waals surface area contributed by atoms with E-state index >= 15 is 0 Å². The number of benzene rings is 1. The summed E-state index contributed by atoms with van der Waals surface area (Å²) >= 11 is 0. The fourth-order valence-electron chi connectivity index (χ4n) is 3.90. The van der Waals surface area contributed by atoms with E-state index < -0.39 is 5.82 Å². The van der Waals surface area contributed by atoms with Crippen LogP contribution in [-0.4, -0.2) is 31.9 Å². The Morgan fingerprint density at radius 3 is 2.50 bits per heavy atom. The monoisotopic (exact) mass is 512 g/mol. The molecule has 4 rings (SSSR count). The second-order valence-electron chi connectivity index (χ2n) is 8.96. The number of carbonyl (C=O) groups excluding carboxylic acids is 1. The summed E-state index contributed by atoms with van der Waals surface area (Å²) in [4.78, 5) is 29.9. The van der Waals surface area contributed by atoms with Crippen LogP contribution in [0.15, 0.2) is 60.9 Å². The Balaban J connectivity index is 1.72. The van der Waals surface area contributed by atoms with Crippen molar-refractivity contribution in [1.29, 1.82) is 0 Å². The maximum atomic E-state index is 14.9. The first-order chi connectivity index (χ1) is 18.2. The van der Waals surface area contributed by atoms with Gasteiger partial charge in [-0.2, -0.15) is 0 Å². The molecule has 6 N–H and O–H groups in total. The third-order valence-electron chi connectivity index (χ3n) is 5.63. The van der Waals surface area contributed by atoms with Crippen LogP contribution in [0.1, 0.15) is 42.5 Å². The van der Waals surface area contributed by atoms with E-state index in [1.54, 1.807) is 24.5 Å². The van der Waals surface area contributed by atoms with Gasteiger partial charge in [0.1, 0.15) is 11.5 Å². The number of hydrogen-bond acceptors (Lipinski definition) is 8. The Kier molecular flexibility index (Phi) is 7.61. The lowest BCUT2D eigenvalue weighted by Gasteiger charge is -2.16. The molecule has 1 aromatic carbocycles. The van der Waals surface area contributed by atoms with Gasteiger partial charge in [-0.05, 0) is 70.2 Å². The molecule has 0 bridgehead atoms. The number of carbonyl (C=O) groups is 1. The van der Waals surface area contributed by atoms with Gasteiger partial charge in [0, 0.05) is 34.6 Å². The van der Waals surface area contributed by atoms with E-state index in [0.29, 0.717) is 39.7 Å². The van der Waals surface area contributed by atoms with Gasteiger partial charge < -0.3 is 22.1 Å². The first-order valence-corrected chi connectivity index (χ1v) is 12.0. The lowest BCUT2D eigenvalue weighted by atomic mass is 10.0. The number of hydrogen-bond donors (Lipinski definition) is 4. The molecule has 3 heterocycles. The molecule has 0 saturated heterocycles. The van der Waals surface area contributed by atoms with Crippen LogP contribution in [-0.2, 0) is 0 Å². The molecule has 0 unspecified atom stereocenters. The van der Waals surface area contributed by atoms with E-state index in [1.807, 2.05) is 45.9 Å². The highest BCUT2D eigenvalue weighted by Gasteiger charge is 2.17. The van der Waals surface area contributed by atoms with Crippen LogP contribution in [0, 0.1) is 12.7 Å². The van der Waals surface area contributed by atoms with Gasteiger partial charge in [-0.3, -0.25) is 9.78 Å². The van der Waals surface area contributed by atoms with Crippen molar-refractivity contribution in [2.45, 2.75) is 33.7 Å². The van der Waals surface area contributed by atoms with Gasteiger partial charge in [0.05, 0.1) is 34.7 Å². The quantitative estimate of drug-likeness (QED) is 0.276. The smallest absolute Gasteiger partial charge is 0.251 e. The topological polar surface area (TPSA) is 145 Å². The van der Waals surface area contributed by atoms with Crippen molar-refractivity contribution in [2.75, 3.05) is 16.8 Å². The molecular weight excluding hydrogens is 483 g/mol. The molecule has 194 valence electrons. The minimum absolute atomic E-state index is 0.0550. The van der Waals surface area contributed by atoms with Crippen LogP contribution in [0.5, 0.6) is 0 Å². The van der Waals surface area contributed by atoms with Gasteiger partial charge in [0.25, 0.3) is 5.91 Å². The fourth-order valence-corrected chi connectivity index (χ4v) is 3.90. The molecule has 4 aromatic rings. The summed E-state index contributed by atoms with van der Waals surface area (Å²) in [7, 11) is 0. The zero-order valence-corrected chi connectivity index (χ0v) is 21.6. The zero-order valence-electron chi connectivity index (χ0n) is 21.6. The van der Waals surface area contributed by atoms with Gasteiger partial charge in [-0.15, -0.1) is 0 Å². The number of nitrogen functional groups attached to an aromatic ring is 2. The van der Waals surface area contributed by atoms with E-state index in [1.165, 1.54) is 18.2 Å². The molecule has 0 saturated carbocycles. The summed E-state index contributed by atoms with van der Waals surface area (Å²) in [6.45, 7) is 7.38. The van der Waals surface area contributed by atoms with Crippen LogP contribution >= 0.6 is 0 Å². The molecule has 1 amide bonds. The average Bonchev–Trinajstić information content (AvgIpc) is 2.87. The van der Waals surface area contributed by atoms with E-state index in [2.05, 4.69) is 30.6 Å². The predicted molar refractivity (Wildman–Crippen MR) is 148 cm³/mol. The molecule has 0 aliphatic rings. The minimum Gasteiger partial charge on any atom is -0.397 e. The van der Waals surface area contributed by atoms with Crippen LogP contribution in [0.2, 0.25) is 0 Å². The average molecular weight is 513 g/mol. The first kappa shape index (κ1) is 26.2. The molecule has 9 nitrogen and oxygen atoms in total. The third-order valence-corrected chi connectivity index (χ3v) is 5.63. The summed E-state index contributed by atoms with van der Waals surface area (Å²) < 4.78 is 14.9. The maximum Gasteiger partial charge on any atom is 0.251 e. The number of amides is 1. The standard InChI is InChI=1S/C28H29FN8O/c1-5-22(35-25-14-32-11-10-18(25)24-12-16(4)34-28(31)37-24)26-21(30)8-9-23(36-26)19-13-17(6-7-20(19)29)27(38)33-15(2)3/h5-15,35H,30H2,1-4H3,(H,33,38)(H2,31,34,37). The molecule has 0 aliphatic carbocycles. The molecule has 3 aromatic heterocycles. The van der Waals surface area contributed by atoms with Gasteiger partial charge in [0.15, 0.2) is 0 Å². The van der Waals surface area contributed by atoms with Crippen molar-refractivity contribution in [1.82, 2.24) is 25.3 Å². The molecule has 0 aliphatic heterocycles. The summed E-state index contributed by atoms with van der Waals surface area (Å²) in [6, 6.07) is 11.0. The SMILES string of the molecule is CC=C(Nc1cnccc1-c1cc(C)nc(N)n1)c1nc(-c2cc(C(=O)NC(C)C)ccc2F)ccc1N. The molecule has 10 heteroatoms. The van der Waals surface area contributed by atoms with Crippen LogP contribution in [0.4, 0.5) is 21.7 Å². The zero-order chi connectivity index (χ0) is 27.4. The van der Waals surface area contributed by atoms with E-state index in [0.717, 1.165) is 11.3 Å². The highest BCUT2D eigenvalue weighted by molar-refractivity contribution is 5.95. The molecule has 0 spiro atoms. The fraction of sp³-hybridized carbons (Fsp3) is 0.179. The van der Waals surface area contributed by atoms with Gasteiger partial charge >= 0.3 is 0 Å². The lowest BCUT2D eigenvalue weighted by molar-refractivity contribution is 0.0943. The van der Waals surface area contributed by atoms with Crippen molar-refractivity contribution in [2.24, 2.45) is 0 Å². The molecule has 0 atom stereocenters. The van der Waals surface area contributed by atoms with Crippen molar-refractivity contribution in [3.8, 4) is 22.5 Å². The lowest BCUT2D eigenvalue weighted by Crippen LogP contribution is -2.30. The van der Waals surface area contributed by atoms with Gasteiger partial charge in [-0.25, -0.2) is 19.3 Å². The number of nitrogens with one attached hydrogen (secondary N) is 2. The second-order valence-corrected chi connectivity index (χ2v) is 8.96. The molecule has 38 heavy (non-hydrogen) atoms. The second kappa shape index (κ2) is 11.0. The number of halogens is 1. The molecule has 0 radical (unpaired) electrons. The predicted octanol–water partition coefficient (Wildman–Crippen LogP) is 4.82. The number of aromatic nitrogens is 4. The number of nitrogens with zero attached hydrogens (tertiary/aromatic N) is 4. The van der Waals surface area contributed by atoms with Crippen molar-refractivity contribution >= 4 is 28.9 Å². The Hall–Kier alpha value is -4.86. The van der Waals surface area contributed by atoms with Crippen molar-refractivity contribution in [3.63, 3.8) is 0 Å². The van der Waals surface area contributed by atoms with Crippen LogP contribution in [0.25, 0.3) is 28.2 Å². The minimum atomic E-state index is -0.504. The number of aryl methyl sites for hydroxylation is 1. The summed E-state index contributed by atoms with van der Waals surface area (Å²) in [6.07, 6.45) is 5.12. The first-order valence-electron chi connectivity index (χ1n) is 12.0. The van der Waals surface area contributed by atoms with Crippen molar-refractivity contribution in [3.05, 3.63) is 83.7 Å². The summed E-state index contributed by atoms with van der Waals surface area (Å²) in [5.41, 5.74) is 17.1. The Morgan fingerprint density at radius 2 is 1.79 bits per heavy atom. The third kappa shape index (κ3) is 5.75. The van der Waals surface area contributed by atoms with E-state index in [4.69, 9.17) is 11.5 Å². The van der Waals surface area contributed by atoms with E-state index in [9.17, 15) is 9.18 Å². The normalized spacial score (nSPS) is 11.5. The number of pyridine rings is 2. The number of nitrogens with two attached hydrogens (primary N) is 2. The molecule has 0 fully saturated rings. The maximum absolute atomic E-state index is 14.9. The van der Waals surface area contributed by atoms with Crippen molar-refractivity contribution < 1.29 is 9.18 Å². The highest BCUT2D eigenvalue weighted by Crippen LogP contribution is 2.32. The Labute approximate surface area is 220 Å². The number of rotatable bonds is 7. The van der Waals surface area contributed by atoms with Gasteiger partial charge in [0.2, 0.25) is 5.95 Å². The van der Waals surface area contributed by atoms with Crippen LogP contribution in [0.3, 0.4) is 0 Å². The van der Waals surface area contributed by atoms with E-state index in [-0.39, 0.29) is 23.5 Å². The number of allylic oxidation sites excluding steroid dienone is 1. The molecular formula is C28H29FN8O. The van der Waals surface area contributed by atoms with Crippen LogP contribution < -0.4 is 22.1 Å². The summed E-state index contributed by atoms with van der Waals surface area (Å²) in [5.74, 6) is -0.632. The number of anilines is 3. The summed E-state index contributed by atoms with van der Waals surface area (Å²) in [5, 5.41) is 6.15. The highest BCUT2D eigenvalue weighted by atomic mass is 19.1. The Morgan fingerprint density at radius 1 is 1.00 bits per heavy atom. The largest absolute Gasteiger partial charge is 0.397 e. The Bertz CT molecular complexity index is 1510. The van der Waals surface area contributed by atoms with Gasteiger partial charge in [-0.1, -0.05) is 6.08 Å².